The Kier molecular flexibility index (Phi) is 3.20. The normalized spacial score (nSPS) is 10.8. The molecule has 3 aromatic rings. The predicted molar refractivity (Wildman–Crippen MR) is 76.4 cm³/mol. The number of hydrogen-bond donors (Lipinski definition) is 1. The summed E-state index contributed by atoms with van der Waals surface area (Å²) in [6.45, 7) is 0.791. The van der Waals surface area contributed by atoms with Crippen molar-refractivity contribution < 1.29 is 4.74 Å². The highest BCUT2D eigenvalue weighted by Crippen LogP contribution is 2.16. The quantitative estimate of drug-likeness (QED) is 0.779. The molecular formula is C14H15N5O. The smallest absolute Gasteiger partial charge is 0.165 e. The molecule has 0 aliphatic rings. The molecule has 0 unspecified atom stereocenters. The third-order valence-corrected chi connectivity index (χ3v) is 3.23. The number of fused-ring (bicyclic) bond motifs is 1. The summed E-state index contributed by atoms with van der Waals surface area (Å²) in [4.78, 5) is 12.4. The van der Waals surface area contributed by atoms with E-state index in [-0.39, 0.29) is 0 Å². The van der Waals surface area contributed by atoms with Crippen LogP contribution in [0.1, 0.15) is 5.56 Å². The summed E-state index contributed by atoms with van der Waals surface area (Å²) in [6.07, 6.45) is 4.10. The number of rotatable bonds is 4. The summed E-state index contributed by atoms with van der Waals surface area (Å²) in [5, 5.41) is 0. The Balaban J connectivity index is 1.78. The van der Waals surface area contributed by atoms with E-state index < -0.39 is 0 Å². The molecule has 0 amide bonds. The molecule has 6 heteroatoms. The van der Waals surface area contributed by atoms with Crippen molar-refractivity contribution in [2.75, 3.05) is 12.8 Å². The number of nitrogens with zero attached hydrogens (tertiary/aromatic N) is 4. The van der Waals surface area contributed by atoms with Gasteiger partial charge in [0.25, 0.3) is 0 Å². The van der Waals surface area contributed by atoms with Crippen molar-refractivity contribution in [2.24, 2.45) is 0 Å². The molecule has 0 saturated heterocycles. The van der Waals surface area contributed by atoms with Gasteiger partial charge in [-0.3, -0.25) is 0 Å². The average Bonchev–Trinajstić information content (AvgIpc) is 2.90. The lowest BCUT2D eigenvalue weighted by molar-refractivity contribution is 0.414. The summed E-state index contributed by atoms with van der Waals surface area (Å²) < 4.78 is 7.13. The van der Waals surface area contributed by atoms with Gasteiger partial charge in [0, 0.05) is 6.54 Å². The van der Waals surface area contributed by atoms with Gasteiger partial charge in [-0.15, -0.1) is 0 Å². The van der Waals surface area contributed by atoms with Crippen LogP contribution >= 0.6 is 0 Å². The molecule has 2 aromatic heterocycles. The highest BCUT2D eigenvalue weighted by molar-refractivity contribution is 5.81. The Morgan fingerprint density at radius 2 is 1.95 bits per heavy atom. The second-order valence-corrected chi connectivity index (χ2v) is 4.47. The first-order chi connectivity index (χ1) is 9.78. The van der Waals surface area contributed by atoms with Gasteiger partial charge in [0.1, 0.15) is 17.6 Å². The summed E-state index contributed by atoms with van der Waals surface area (Å²) >= 11 is 0. The van der Waals surface area contributed by atoms with Crippen molar-refractivity contribution in [1.82, 2.24) is 19.5 Å². The van der Waals surface area contributed by atoms with E-state index in [0.717, 1.165) is 24.4 Å². The van der Waals surface area contributed by atoms with Gasteiger partial charge in [0.05, 0.1) is 13.4 Å². The highest BCUT2D eigenvalue weighted by Gasteiger charge is 2.07. The topological polar surface area (TPSA) is 78.9 Å². The molecule has 3 rings (SSSR count). The molecule has 0 aliphatic carbocycles. The third-order valence-electron chi connectivity index (χ3n) is 3.23. The molecule has 1 aromatic carbocycles. The summed E-state index contributed by atoms with van der Waals surface area (Å²) in [5.41, 5.74) is 8.42. The van der Waals surface area contributed by atoms with Crippen molar-refractivity contribution in [3.05, 3.63) is 42.5 Å². The van der Waals surface area contributed by atoms with Gasteiger partial charge in [-0.1, -0.05) is 12.1 Å². The van der Waals surface area contributed by atoms with Gasteiger partial charge in [-0.25, -0.2) is 15.0 Å². The third kappa shape index (κ3) is 2.27. The molecule has 0 bridgehead atoms. The van der Waals surface area contributed by atoms with E-state index in [0.29, 0.717) is 11.3 Å². The number of aromatic nitrogens is 4. The number of hydrogen-bond acceptors (Lipinski definition) is 5. The van der Waals surface area contributed by atoms with Gasteiger partial charge in [-0.05, 0) is 24.1 Å². The van der Waals surface area contributed by atoms with Crippen LogP contribution in [0.15, 0.2) is 36.9 Å². The zero-order valence-corrected chi connectivity index (χ0v) is 11.2. The number of nitrogens with two attached hydrogens (primary N) is 1. The predicted octanol–water partition coefficient (Wildman–Crippen LogP) is 1.66. The maximum Gasteiger partial charge on any atom is 0.165 e. The fourth-order valence-corrected chi connectivity index (χ4v) is 2.10. The van der Waals surface area contributed by atoms with E-state index in [2.05, 4.69) is 27.1 Å². The molecule has 2 heterocycles. The van der Waals surface area contributed by atoms with Crippen molar-refractivity contribution in [2.45, 2.75) is 13.0 Å². The lowest BCUT2D eigenvalue weighted by Gasteiger charge is -2.05. The minimum absolute atomic E-state index is 0.415. The Labute approximate surface area is 116 Å². The lowest BCUT2D eigenvalue weighted by atomic mass is 10.1. The molecule has 0 spiro atoms. The lowest BCUT2D eigenvalue weighted by Crippen LogP contribution is -2.02. The van der Waals surface area contributed by atoms with Gasteiger partial charge < -0.3 is 15.0 Å². The number of anilines is 1. The Morgan fingerprint density at radius 3 is 2.70 bits per heavy atom. The van der Waals surface area contributed by atoms with Gasteiger partial charge in [0.2, 0.25) is 0 Å². The number of aryl methyl sites for hydroxylation is 2. The molecule has 6 nitrogen and oxygen atoms in total. The van der Waals surface area contributed by atoms with Crippen LogP contribution in [0, 0.1) is 0 Å². The molecular weight excluding hydrogens is 254 g/mol. The monoisotopic (exact) mass is 269 g/mol. The first-order valence-corrected chi connectivity index (χ1v) is 6.32. The molecule has 0 fully saturated rings. The van der Waals surface area contributed by atoms with E-state index in [1.807, 2.05) is 16.7 Å². The maximum atomic E-state index is 5.77. The molecule has 0 saturated carbocycles. The van der Waals surface area contributed by atoms with E-state index in [4.69, 9.17) is 10.5 Å². The van der Waals surface area contributed by atoms with Crippen LogP contribution in [-0.2, 0) is 13.0 Å². The van der Waals surface area contributed by atoms with Gasteiger partial charge in [-0.2, -0.15) is 0 Å². The standard InChI is InChI=1S/C14H15N5O/c1-20-11-4-2-10(3-5-11)6-7-19-9-18-12-13(15)16-8-17-14(12)19/h2-5,8-9H,6-7H2,1H3,(H2,15,16,17). The highest BCUT2D eigenvalue weighted by atomic mass is 16.5. The first kappa shape index (κ1) is 12.4. The second kappa shape index (κ2) is 5.16. The van der Waals surface area contributed by atoms with E-state index in [9.17, 15) is 0 Å². The average molecular weight is 269 g/mol. The fraction of sp³-hybridized carbons (Fsp3) is 0.214. The van der Waals surface area contributed by atoms with Crippen LogP contribution in [0.4, 0.5) is 5.82 Å². The van der Waals surface area contributed by atoms with E-state index in [1.165, 1.54) is 11.9 Å². The minimum Gasteiger partial charge on any atom is -0.497 e. The Morgan fingerprint density at radius 1 is 1.15 bits per heavy atom. The zero-order valence-electron chi connectivity index (χ0n) is 11.2. The molecule has 102 valence electrons. The number of nitrogen functional groups attached to an aromatic ring is 1. The molecule has 0 aliphatic heterocycles. The minimum atomic E-state index is 0.415. The SMILES string of the molecule is COc1ccc(CCn2cnc3c(N)ncnc32)cc1. The second-order valence-electron chi connectivity index (χ2n) is 4.47. The summed E-state index contributed by atoms with van der Waals surface area (Å²) in [5.74, 6) is 1.28. The van der Waals surface area contributed by atoms with Crippen molar-refractivity contribution in [1.29, 1.82) is 0 Å². The van der Waals surface area contributed by atoms with Gasteiger partial charge in [0.15, 0.2) is 11.5 Å². The number of imidazole rings is 1. The zero-order chi connectivity index (χ0) is 13.9. The number of ether oxygens (including phenoxy) is 1. The Bertz CT molecular complexity index is 720. The molecule has 20 heavy (non-hydrogen) atoms. The largest absolute Gasteiger partial charge is 0.497 e. The van der Waals surface area contributed by atoms with Crippen LogP contribution in [0.25, 0.3) is 11.2 Å². The Hall–Kier alpha value is -2.63. The van der Waals surface area contributed by atoms with Crippen molar-refractivity contribution >= 4 is 17.0 Å². The molecule has 2 N–H and O–H groups in total. The molecule has 0 atom stereocenters. The van der Waals surface area contributed by atoms with Crippen LogP contribution < -0.4 is 10.5 Å². The van der Waals surface area contributed by atoms with Crippen LogP contribution in [-0.4, -0.2) is 26.6 Å². The summed E-state index contributed by atoms with van der Waals surface area (Å²) in [6, 6.07) is 8.03. The van der Waals surface area contributed by atoms with E-state index >= 15 is 0 Å². The van der Waals surface area contributed by atoms with Crippen LogP contribution in [0.3, 0.4) is 0 Å². The van der Waals surface area contributed by atoms with Crippen molar-refractivity contribution in [3.8, 4) is 5.75 Å². The van der Waals surface area contributed by atoms with Crippen LogP contribution in [0.2, 0.25) is 0 Å². The summed E-state index contributed by atoms with van der Waals surface area (Å²) in [7, 11) is 1.66. The first-order valence-electron chi connectivity index (χ1n) is 6.32. The number of methoxy groups -OCH3 is 1. The van der Waals surface area contributed by atoms with Crippen molar-refractivity contribution in [3.63, 3.8) is 0 Å². The van der Waals surface area contributed by atoms with Crippen LogP contribution in [0.5, 0.6) is 5.75 Å². The fourth-order valence-electron chi connectivity index (χ4n) is 2.10. The number of benzene rings is 1. The van der Waals surface area contributed by atoms with E-state index in [1.54, 1.807) is 13.4 Å². The molecule has 0 radical (unpaired) electrons. The maximum absolute atomic E-state index is 5.77. The van der Waals surface area contributed by atoms with Gasteiger partial charge >= 0.3 is 0 Å².